The zero-order valence-corrected chi connectivity index (χ0v) is 10.2. The molecule has 3 rings (SSSR count). The molecule has 17 heavy (non-hydrogen) atoms. The van der Waals surface area contributed by atoms with Crippen molar-refractivity contribution in [3.63, 3.8) is 0 Å². The maximum atomic E-state index is 11.9. The van der Waals surface area contributed by atoms with Crippen molar-refractivity contribution in [2.75, 3.05) is 5.75 Å². The average Bonchev–Trinajstić information content (AvgIpc) is 2.77. The molecule has 2 aromatic rings. The molecular weight excluding hydrogens is 234 g/mol. The largest absolute Gasteiger partial charge is 0.305 e. The van der Waals surface area contributed by atoms with E-state index in [2.05, 4.69) is 15.0 Å². The van der Waals surface area contributed by atoms with Crippen molar-refractivity contribution in [3.05, 3.63) is 39.8 Å². The molecule has 0 amide bonds. The molecule has 4 nitrogen and oxygen atoms in total. The summed E-state index contributed by atoms with van der Waals surface area (Å²) in [4.78, 5) is 23.5. The maximum Gasteiger partial charge on any atom is 0.255 e. The highest BCUT2D eigenvalue weighted by atomic mass is 32.2. The molecule has 3 heterocycles. The fourth-order valence-electron chi connectivity index (χ4n) is 1.86. The van der Waals surface area contributed by atoms with E-state index in [-0.39, 0.29) is 5.56 Å². The van der Waals surface area contributed by atoms with Gasteiger partial charge in [0.25, 0.3) is 5.56 Å². The maximum absolute atomic E-state index is 11.9. The Morgan fingerprint density at radius 3 is 3.06 bits per heavy atom. The first-order valence-electron chi connectivity index (χ1n) is 5.44. The predicted molar refractivity (Wildman–Crippen MR) is 67.3 cm³/mol. The topological polar surface area (TPSA) is 58.6 Å². The van der Waals surface area contributed by atoms with Crippen LogP contribution in [0.25, 0.3) is 11.5 Å². The Bertz CT molecular complexity index is 636. The Balaban J connectivity index is 2.16. The van der Waals surface area contributed by atoms with Crippen LogP contribution >= 0.6 is 11.8 Å². The van der Waals surface area contributed by atoms with E-state index in [0.717, 1.165) is 34.2 Å². The van der Waals surface area contributed by atoms with E-state index in [1.807, 2.05) is 25.1 Å². The van der Waals surface area contributed by atoms with Crippen LogP contribution in [0.5, 0.6) is 0 Å². The second kappa shape index (κ2) is 4.00. The van der Waals surface area contributed by atoms with Gasteiger partial charge in [0.05, 0.1) is 5.56 Å². The lowest BCUT2D eigenvalue weighted by Crippen LogP contribution is -2.14. The van der Waals surface area contributed by atoms with E-state index >= 15 is 0 Å². The number of fused-ring (bicyclic) bond motifs is 1. The van der Waals surface area contributed by atoms with Gasteiger partial charge >= 0.3 is 0 Å². The molecule has 1 aliphatic rings. The number of thioether (sulfide) groups is 1. The van der Waals surface area contributed by atoms with Crippen LogP contribution in [-0.4, -0.2) is 20.7 Å². The second-order valence-electron chi connectivity index (χ2n) is 3.96. The van der Waals surface area contributed by atoms with Gasteiger partial charge in [0, 0.05) is 11.4 Å². The van der Waals surface area contributed by atoms with Crippen molar-refractivity contribution >= 4 is 11.8 Å². The fraction of sp³-hybridized carbons (Fsp3) is 0.250. The third kappa shape index (κ3) is 1.86. The highest BCUT2D eigenvalue weighted by Gasteiger charge is 2.18. The van der Waals surface area contributed by atoms with E-state index < -0.39 is 0 Å². The molecule has 0 aromatic carbocycles. The zero-order valence-electron chi connectivity index (χ0n) is 9.36. The summed E-state index contributed by atoms with van der Waals surface area (Å²) in [5, 5.41) is 0.854. The Morgan fingerprint density at radius 2 is 2.24 bits per heavy atom. The molecular formula is C12H11N3OS. The van der Waals surface area contributed by atoms with Gasteiger partial charge in [-0.05, 0) is 25.5 Å². The summed E-state index contributed by atoms with van der Waals surface area (Å²) in [6.07, 6.45) is 0.809. The van der Waals surface area contributed by atoms with Gasteiger partial charge in [-0.2, -0.15) is 0 Å². The molecule has 0 spiro atoms. The van der Waals surface area contributed by atoms with Gasteiger partial charge < -0.3 is 4.98 Å². The molecule has 0 unspecified atom stereocenters. The van der Waals surface area contributed by atoms with Crippen molar-refractivity contribution in [3.8, 4) is 11.5 Å². The minimum absolute atomic E-state index is 0.0293. The van der Waals surface area contributed by atoms with Gasteiger partial charge in [-0.15, -0.1) is 11.8 Å². The van der Waals surface area contributed by atoms with Crippen LogP contribution in [0.3, 0.4) is 0 Å². The quantitative estimate of drug-likeness (QED) is 0.778. The number of H-pyrrole nitrogens is 1. The Hall–Kier alpha value is -1.62. The lowest BCUT2D eigenvalue weighted by atomic mass is 10.2. The van der Waals surface area contributed by atoms with Crippen LogP contribution in [0.4, 0.5) is 0 Å². The molecule has 0 saturated heterocycles. The number of pyridine rings is 1. The van der Waals surface area contributed by atoms with Crippen molar-refractivity contribution in [2.45, 2.75) is 18.4 Å². The predicted octanol–water partition coefficient (Wildman–Crippen LogP) is 1.79. The molecule has 1 aliphatic heterocycles. The van der Waals surface area contributed by atoms with Gasteiger partial charge in [-0.25, -0.2) is 9.97 Å². The van der Waals surface area contributed by atoms with Crippen molar-refractivity contribution in [2.24, 2.45) is 0 Å². The number of rotatable bonds is 1. The van der Waals surface area contributed by atoms with Crippen molar-refractivity contribution in [1.82, 2.24) is 15.0 Å². The highest BCUT2D eigenvalue weighted by Crippen LogP contribution is 2.27. The van der Waals surface area contributed by atoms with Gasteiger partial charge in [0.2, 0.25) is 0 Å². The molecule has 2 aromatic heterocycles. The zero-order chi connectivity index (χ0) is 11.8. The fourth-order valence-corrected chi connectivity index (χ4v) is 2.89. The average molecular weight is 245 g/mol. The van der Waals surface area contributed by atoms with E-state index in [1.54, 1.807) is 11.8 Å². The van der Waals surface area contributed by atoms with Gasteiger partial charge in [-0.1, -0.05) is 6.07 Å². The molecule has 86 valence electrons. The van der Waals surface area contributed by atoms with Gasteiger partial charge in [-0.3, -0.25) is 4.79 Å². The van der Waals surface area contributed by atoms with Crippen LogP contribution in [0.2, 0.25) is 0 Å². The summed E-state index contributed by atoms with van der Waals surface area (Å²) in [5.41, 5.74) is 2.42. The molecule has 0 atom stereocenters. The summed E-state index contributed by atoms with van der Waals surface area (Å²) in [5.74, 6) is 1.50. The van der Waals surface area contributed by atoms with Crippen LogP contribution < -0.4 is 5.56 Å². The van der Waals surface area contributed by atoms with Crippen molar-refractivity contribution in [1.29, 1.82) is 0 Å². The lowest BCUT2D eigenvalue weighted by Gasteiger charge is -2.03. The number of nitrogens with zero attached hydrogens (tertiary/aromatic N) is 2. The first-order valence-corrected chi connectivity index (χ1v) is 6.42. The summed E-state index contributed by atoms with van der Waals surface area (Å²) in [7, 11) is 0. The number of aryl methyl sites for hydroxylation is 1. The minimum Gasteiger partial charge on any atom is -0.305 e. The highest BCUT2D eigenvalue weighted by molar-refractivity contribution is 7.99. The Kier molecular flexibility index (Phi) is 2.48. The van der Waals surface area contributed by atoms with E-state index in [9.17, 15) is 4.79 Å². The molecule has 0 fully saturated rings. The molecule has 5 heteroatoms. The first-order chi connectivity index (χ1) is 8.24. The Labute approximate surface area is 103 Å². The van der Waals surface area contributed by atoms with Crippen LogP contribution in [0, 0.1) is 6.92 Å². The lowest BCUT2D eigenvalue weighted by molar-refractivity contribution is 0.947. The summed E-state index contributed by atoms with van der Waals surface area (Å²) >= 11 is 1.64. The molecule has 1 N–H and O–H groups in total. The number of nitrogens with one attached hydrogen (secondary N) is 1. The Morgan fingerprint density at radius 1 is 1.35 bits per heavy atom. The number of hydrogen-bond donors (Lipinski definition) is 1. The molecule has 0 radical (unpaired) electrons. The van der Waals surface area contributed by atoms with Crippen LogP contribution in [0.1, 0.15) is 11.3 Å². The number of aromatic nitrogens is 3. The van der Waals surface area contributed by atoms with E-state index in [0.29, 0.717) is 5.82 Å². The molecule has 0 saturated carbocycles. The molecule has 0 aliphatic carbocycles. The summed E-state index contributed by atoms with van der Waals surface area (Å²) in [6.45, 7) is 1.92. The van der Waals surface area contributed by atoms with E-state index in [4.69, 9.17) is 0 Å². The van der Waals surface area contributed by atoms with Crippen LogP contribution in [0.15, 0.2) is 28.0 Å². The first kappa shape index (κ1) is 10.5. The smallest absolute Gasteiger partial charge is 0.255 e. The number of aromatic amines is 1. The number of hydrogen-bond acceptors (Lipinski definition) is 4. The van der Waals surface area contributed by atoms with Gasteiger partial charge in [0.1, 0.15) is 10.7 Å². The summed E-state index contributed by atoms with van der Waals surface area (Å²) < 4.78 is 0. The van der Waals surface area contributed by atoms with E-state index in [1.165, 1.54) is 0 Å². The monoisotopic (exact) mass is 245 g/mol. The minimum atomic E-state index is -0.0293. The van der Waals surface area contributed by atoms with Crippen molar-refractivity contribution < 1.29 is 0 Å². The van der Waals surface area contributed by atoms with Crippen LogP contribution in [-0.2, 0) is 6.42 Å². The normalized spacial score (nSPS) is 13.7. The third-order valence-corrected chi connectivity index (χ3v) is 3.72. The van der Waals surface area contributed by atoms with Gasteiger partial charge in [0.15, 0.2) is 5.82 Å². The summed E-state index contributed by atoms with van der Waals surface area (Å²) in [6, 6.07) is 5.69. The SMILES string of the molecule is Cc1cccc(-c2nc3c(c(=O)[nH]2)CCS3)n1. The standard InChI is InChI=1S/C12H11N3OS/c1-7-3-2-4-9(13-7)10-14-11(16)8-5-6-17-12(8)15-10/h2-4H,5-6H2,1H3,(H,14,15,16). The molecule has 0 bridgehead atoms. The second-order valence-corrected chi connectivity index (χ2v) is 5.04. The third-order valence-electron chi connectivity index (χ3n) is 2.70.